The van der Waals surface area contributed by atoms with E-state index in [0.717, 1.165) is 0 Å². The Bertz CT molecular complexity index is 681. The number of aromatic nitrogens is 2. The van der Waals surface area contributed by atoms with Crippen molar-refractivity contribution in [1.82, 2.24) is 9.78 Å². The predicted octanol–water partition coefficient (Wildman–Crippen LogP) is 0.569. The summed E-state index contributed by atoms with van der Waals surface area (Å²) in [7, 11) is -2.47. The van der Waals surface area contributed by atoms with Crippen molar-refractivity contribution in [2.75, 3.05) is 13.3 Å². The third-order valence-electron chi connectivity index (χ3n) is 2.37. The number of hydrogen-bond acceptors (Lipinski definition) is 4. The van der Waals surface area contributed by atoms with Gasteiger partial charge in [-0.05, 0) is 12.1 Å². The first kappa shape index (κ1) is 12.8. The van der Waals surface area contributed by atoms with Crippen molar-refractivity contribution in [2.45, 2.75) is 5.03 Å². The highest BCUT2D eigenvalue weighted by Crippen LogP contribution is 2.30. The maximum atomic E-state index is 12.1. The second kappa shape index (κ2) is 4.54. The number of fused-ring (bicyclic) bond motifs is 1. The van der Waals surface area contributed by atoms with E-state index >= 15 is 0 Å². The third-order valence-corrected chi connectivity index (χ3v) is 3.38. The molecule has 0 saturated carbocycles. The van der Waals surface area contributed by atoms with Crippen LogP contribution in [0.2, 0.25) is 0 Å². The summed E-state index contributed by atoms with van der Waals surface area (Å²) < 4.78 is 41.6. The molecule has 2 rings (SSSR count). The molecule has 0 aliphatic heterocycles. The van der Waals surface area contributed by atoms with E-state index in [2.05, 4.69) is 5.10 Å². The van der Waals surface area contributed by atoms with Crippen molar-refractivity contribution in [3.8, 4) is 5.75 Å². The van der Waals surface area contributed by atoms with Gasteiger partial charge in [0.15, 0.2) is 5.03 Å². The van der Waals surface area contributed by atoms with Gasteiger partial charge in [0.2, 0.25) is 0 Å². The Morgan fingerprint density at radius 3 is 2.83 bits per heavy atom. The number of nitrogens with two attached hydrogens (primary N) is 1. The lowest BCUT2D eigenvalue weighted by atomic mass is 10.2. The molecule has 0 radical (unpaired) electrons. The zero-order valence-corrected chi connectivity index (χ0v) is 10.4. The Morgan fingerprint density at radius 1 is 1.50 bits per heavy atom. The minimum Gasteiger partial charge on any atom is -0.490 e. The molecule has 6 nitrogen and oxygen atoms in total. The van der Waals surface area contributed by atoms with E-state index in [1.807, 2.05) is 0 Å². The van der Waals surface area contributed by atoms with Gasteiger partial charge in [-0.1, -0.05) is 6.07 Å². The number of hydrogen-bond donors (Lipinski definition) is 1. The van der Waals surface area contributed by atoms with Crippen molar-refractivity contribution in [3.05, 3.63) is 18.2 Å². The van der Waals surface area contributed by atoms with Gasteiger partial charge in [-0.3, -0.25) is 4.68 Å². The molecule has 18 heavy (non-hydrogen) atoms. The molecule has 98 valence electrons. The lowest BCUT2D eigenvalue weighted by Gasteiger charge is -2.06. The highest BCUT2D eigenvalue weighted by molar-refractivity contribution is 7.89. The Morgan fingerprint density at radius 2 is 2.22 bits per heavy atom. The van der Waals surface area contributed by atoms with Crippen LogP contribution in [0.3, 0.4) is 0 Å². The van der Waals surface area contributed by atoms with Gasteiger partial charge < -0.3 is 4.74 Å². The number of ether oxygens (including phenoxy) is 1. The number of halogens is 1. The summed E-state index contributed by atoms with van der Waals surface area (Å²) in [5.74, 6) is 0.252. The predicted molar refractivity (Wildman–Crippen MR) is 63.6 cm³/mol. The van der Waals surface area contributed by atoms with E-state index in [-0.39, 0.29) is 22.8 Å². The molecule has 1 aromatic heterocycles. The monoisotopic (exact) mass is 273 g/mol. The fourth-order valence-electron chi connectivity index (χ4n) is 1.78. The number of primary sulfonamides is 1. The van der Waals surface area contributed by atoms with Gasteiger partial charge >= 0.3 is 0 Å². The lowest BCUT2D eigenvalue weighted by Crippen LogP contribution is -2.16. The Hall–Kier alpha value is -1.67. The molecule has 1 heterocycles. The Kier molecular flexibility index (Phi) is 3.22. The van der Waals surface area contributed by atoms with E-state index in [4.69, 9.17) is 9.88 Å². The number of benzene rings is 1. The zero-order chi connectivity index (χ0) is 13.3. The van der Waals surface area contributed by atoms with Gasteiger partial charge in [0.25, 0.3) is 10.0 Å². The molecule has 1 aromatic carbocycles. The standard InChI is InChI=1S/C10H12FN3O3S/c1-14-10(18(12,15)16)9-7(13-14)3-2-4-8(9)17-6-5-11/h2-4H,5-6H2,1H3,(H2,12,15,16). The molecule has 2 N–H and O–H groups in total. The average molecular weight is 273 g/mol. The van der Waals surface area contributed by atoms with Crippen LogP contribution in [0.25, 0.3) is 10.9 Å². The molecule has 2 aromatic rings. The average Bonchev–Trinajstić information content (AvgIpc) is 2.62. The van der Waals surface area contributed by atoms with Crippen molar-refractivity contribution in [3.63, 3.8) is 0 Å². The molecule has 0 aliphatic rings. The number of nitrogens with zero attached hydrogens (tertiary/aromatic N) is 2. The van der Waals surface area contributed by atoms with Crippen LogP contribution in [0.1, 0.15) is 0 Å². The molecular formula is C10H12FN3O3S. The van der Waals surface area contributed by atoms with Gasteiger partial charge in [0, 0.05) is 7.05 Å². The molecule has 0 spiro atoms. The molecule has 0 saturated heterocycles. The van der Waals surface area contributed by atoms with Gasteiger partial charge in [-0.15, -0.1) is 0 Å². The summed E-state index contributed by atoms with van der Waals surface area (Å²) >= 11 is 0. The van der Waals surface area contributed by atoms with Crippen molar-refractivity contribution >= 4 is 20.9 Å². The molecule has 0 atom stereocenters. The summed E-state index contributed by atoms with van der Waals surface area (Å²) in [6.45, 7) is -0.820. The largest absolute Gasteiger partial charge is 0.490 e. The van der Waals surface area contributed by atoms with E-state index in [1.165, 1.54) is 11.7 Å². The van der Waals surface area contributed by atoms with Gasteiger partial charge in [-0.25, -0.2) is 17.9 Å². The van der Waals surface area contributed by atoms with Crippen molar-refractivity contribution in [1.29, 1.82) is 0 Å². The second-order valence-electron chi connectivity index (χ2n) is 3.66. The van der Waals surface area contributed by atoms with Crippen LogP contribution in [0, 0.1) is 0 Å². The number of sulfonamides is 1. The molecule has 8 heteroatoms. The van der Waals surface area contributed by atoms with Crippen LogP contribution in [0.5, 0.6) is 5.75 Å². The smallest absolute Gasteiger partial charge is 0.255 e. The van der Waals surface area contributed by atoms with Crippen LogP contribution in [0.15, 0.2) is 23.2 Å². The summed E-state index contributed by atoms with van der Waals surface area (Å²) in [4.78, 5) is 0. The summed E-state index contributed by atoms with van der Waals surface area (Å²) in [6, 6.07) is 4.83. The van der Waals surface area contributed by atoms with Crippen LogP contribution < -0.4 is 9.88 Å². The van der Waals surface area contributed by atoms with Crippen molar-refractivity contribution < 1.29 is 17.5 Å². The van der Waals surface area contributed by atoms with E-state index in [1.54, 1.807) is 18.2 Å². The maximum absolute atomic E-state index is 12.1. The van der Waals surface area contributed by atoms with Gasteiger partial charge in [0.1, 0.15) is 19.0 Å². The van der Waals surface area contributed by atoms with Gasteiger partial charge in [0.05, 0.1) is 10.9 Å². The fraction of sp³-hybridized carbons (Fsp3) is 0.300. The minimum atomic E-state index is -3.94. The molecule has 0 bridgehead atoms. The van der Waals surface area contributed by atoms with E-state index in [9.17, 15) is 12.8 Å². The molecule has 0 unspecified atom stereocenters. The van der Waals surface area contributed by atoms with Gasteiger partial charge in [-0.2, -0.15) is 5.10 Å². The third kappa shape index (κ3) is 2.16. The molecule has 0 fully saturated rings. The zero-order valence-electron chi connectivity index (χ0n) is 9.63. The molecule has 0 aliphatic carbocycles. The summed E-state index contributed by atoms with van der Waals surface area (Å²) in [6.07, 6.45) is 0. The summed E-state index contributed by atoms with van der Waals surface area (Å²) in [5, 5.41) is 9.31. The second-order valence-corrected chi connectivity index (χ2v) is 5.14. The number of aryl methyl sites for hydroxylation is 1. The quantitative estimate of drug-likeness (QED) is 0.882. The highest BCUT2D eigenvalue weighted by atomic mass is 32.2. The molecular weight excluding hydrogens is 261 g/mol. The van der Waals surface area contributed by atoms with Crippen molar-refractivity contribution in [2.24, 2.45) is 12.2 Å². The first-order valence-corrected chi connectivity index (χ1v) is 6.67. The summed E-state index contributed by atoms with van der Waals surface area (Å²) in [5.41, 5.74) is 0.429. The van der Waals surface area contributed by atoms with Crippen LogP contribution in [-0.2, 0) is 17.1 Å². The first-order chi connectivity index (χ1) is 8.45. The van der Waals surface area contributed by atoms with E-state index in [0.29, 0.717) is 5.52 Å². The fourth-order valence-corrected chi connectivity index (χ4v) is 2.68. The first-order valence-electron chi connectivity index (χ1n) is 5.12. The van der Waals surface area contributed by atoms with Crippen LogP contribution >= 0.6 is 0 Å². The maximum Gasteiger partial charge on any atom is 0.255 e. The number of rotatable bonds is 4. The SMILES string of the molecule is Cn1nc2cccc(OCCF)c2c1S(N)(=O)=O. The van der Waals surface area contributed by atoms with Crippen LogP contribution in [0.4, 0.5) is 4.39 Å². The topological polar surface area (TPSA) is 87.2 Å². The number of alkyl halides is 1. The van der Waals surface area contributed by atoms with E-state index < -0.39 is 16.7 Å². The normalized spacial score (nSPS) is 11.9. The Labute approximate surface area is 103 Å². The lowest BCUT2D eigenvalue weighted by molar-refractivity contribution is 0.275. The van der Waals surface area contributed by atoms with Crippen LogP contribution in [-0.4, -0.2) is 31.5 Å². The molecule has 0 amide bonds. The minimum absolute atomic E-state index is 0.146. The highest BCUT2D eigenvalue weighted by Gasteiger charge is 2.22. The Balaban J connectivity index is 2.73.